The van der Waals surface area contributed by atoms with Crippen molar-refractivity contribution in [3.63, 3.8) is 0 Å². The Bertz CT molecular complexity index is 728. The highest BCUT2D eigenvalue weighted by Gasteiger charge is 2.16. The highest BCUT2D eigenvalue weighted by atomic mass is 79.9. The summed E-state index contributed by atoms with van der Waals surface area (Å²) < 4.78 is 0.994. The van der Waals surface area contributed by atoms with Gasteiger partial charge in [-0.3, -0.25) is 10.3 Å². The van der Waals surface area contributed by atoms with Crippen LogP contribution in [0.2, 0.25) is 0 Å². The van der Waals surface area contributed by atoms with Crippen LogP contribution < -0.4 is 4.90 Å². The van der Waals surface area contributed by atoms with Gasteiger partial charge in [-0.1, -0.05) is 65.0 Å². The molecule has 116 valence electrons. The van der Waals surface area contributed by atoms with Crippen molar-refractivity contribution in [2.75, 3.05) is 4.90 Å². The molecule has 0 heterocycles. The fraction of sp³-hybridized carbons (Fsp3) is 0.0500. The van der Waals surface area contributed by atoms with Crippen molar-refractivity contribution in [2.24, 2.45) is 0 Å². The molecule has 0 bridgehead atoms. The number of benzene rings is 2. The third-order valence-corrected chi connectivity index (χ3v) is 3.81. The Morgan fingerprint density at radius 1 is 1.09 bits per heavy atom. The molecule has 2 nitrogen and oxygen atoms in total. The van der Waals surface area contributed by atoms with Crippen LogP contribution in [0.15, 0.2) is 95.7 Å². The summed E-state index contributed by atoms with van der Waals surface area (Å²) in [6, 6.07) is 17.6. The number of para-hydroxylation sites is 1. The molecule has 2 rings (SSSR count). The average Bonchev–Trinajstić information content (AvgIpc) is 2.59. The van der Waals surface area contributed by atoms with Gasteiger partial charge in [-0.25, -0.2) is 0 Å². The number of anilines is 1. The van der Waals surface area contributed by atoms with Gasteiger partial charge in [0.15, 0.2) is 0 Å². The van der Waals surface area contributed by atoms with Gasteiger partial charge in [-0.05, 0) is 43.3 Å². The molecule has 3 heteroatoms. The summed E-state index contributed by atoms with van der Waals surface area (Å²) in [6.45, 7) is 5.86. The van der Waals surface area contributed by atoms with E-state index in [1.54, 1.807) is 6.08 Å². The molecule has 0 spiro atoms. The van der Waals surface area contributed by atoms with Crippen LogP contribution >= 0.6 is 15.9 Å². The van der Waals surface area contributed by atoms with E-state index in [1.807, 2.05) is 84.6 Å². The molecule has 23 heavy (non-hydrogen) atoms. The largest absolute Gasteiger partial charge is 0.295 e. The van der Waals surface area contributed by atoms with E-state index in [-0.39, 0.29) is 0 Å². The van der Waals surface area contributed by atoms with Crippen molar-refractivity contribution in [2.45, 2.75) is 6.92 Å². The predicted octanol–water partition coefficient (Wildman–Crippen LogP) is 5.93. The SMILES string of the molecule is C=C/C(=C\C=C/C)N(C(=N)c1ccc(Br)cc1)c1ccccc1. The quantitative estimate of drug-likeness (QED) is 0.396. The molecule has 0 radical (unpaired) electrons. The number of hydrogen-bond acceptors (Lipinski definition) is 1. The lowest BCUT2D eigenvalue weighted by Crippen LogP contribution is -2.29. The fourth-order valence-electron chi connectivity index (χ4n) is 2.15. The molecular weight excluding hydrogens is 348 g/mol. The number of nitrogens with zero attached hydrogens (tertiary/aromatic N) is 1. The summed E-state index contributed by atoms with van der Waals surface area (Å²) in [6.07, 6.45) is 7.62. The van der Waals surface area contributed by atoms with E-state index in [4.69, 9.17) is 5.41 Å². The molecule has 0 saturated heterocycles. The summed E-state index contributed by atoms with van der Waals surface area (Å²) in [7, 11) is 0. The summed E-state index contributed by atoms with van der Waals surface area (Å²) in [5.41, 5.74) is 2.61. The van der Waals surface area contributed by atoms with Gasteiger partial charge in [-0.15, -0.1) is 0 Å². The maximum Gasteiger partial charge on any atom is 0.137 e. The number of nitrogens with one attached hydrogen (secondary N) is 1. The van der Waals surface area contributed by atoms with E-state index in [2.05, 4.69) is 22.5 Å². The average molecular weight is 367 g/mol. The molecule has 2 aromatic rings. The summed E-state index contributed by atoms with van der Waals surface area (Å²) >= 11 is 3.43. The molecule has 0 aromatic heterocycles. The van der Waals surface area contributed by atoms with Gasteiger partial charge in [0, 0.05) is 21.4 Å². The number of rotatable bonds is 5. The van der Waals surface area contributed by atoms with E-state index >= 15 is 0 Å². The molecule has 0 aliphatic heterocycles. The van der Waals surface area contributed by atoms with Gasteiger partial charge < -0.3 is 0 Å². The standard InChI is InChI=1S/C20H19BrN2/c1-3-5-9-18(4-2)23(19-10-7-6-8-11-19)20(22)16-12-14-17(21)15-13-16/h3-15,22H,2H2,1H3/b5-3-,18-9+,22-20?. The maximum atomic E-state index is 8.66. The van der Waals surface area contributed by atoms with E-state index < -0.39 is 0 Å². The zero-order valence-electron chi connectivity index (χ0n) is 13.0. The van der Waals surface area contributed by atoms with E-state index in [1.165, 1.54) is 0 Å². The van der Waals surface area contributed by atoms with Gasteiger partial charge in [-0.2, -0.15) is 0 Å². The molecule has 1 N–H and O–H groups in total. The Morgan fingerprint density at radius 3 is 2.30 bits per heavy atom. The van der Waals surface area contributed by atoms with Crippen LogP contribution in [0.1, 0.15) is 12.5 Å². The first-order chi connectivity index (χ1) is 11.2. The van der Waals surface area contributed by atoms with Gasteiger partial charge >= 0.3 is 0 Å². The Morgan fingerprint density at radius 2 is 1.74 bits per heavy atom. The highest BCUT2D eigenvalue weighted by Crippen LogP contribution is 2.23. The smallest absolute Gasteiger partial charge is 0.137 e. The minimum Gasteiger partial charge on any atom is -0.295 e. The van der Waals surface area contributed by atoms with E-state index in [0.29, 0.717) is 5.84 Å². The van der Waals surface area contributed by atoms with Crippen molar-refractivity contribution in [1.82, 2.24) is 0 Å². The zero-order chi connectivity index (χ0) is 16.7. The summed E-state index contributed by atoms with van der Waals surface area (Å²) in [5.74, 6) is 0.402. The van der Waals surface area contributed by atoms with Gasteiger partial charge in [0.25, 0.3) is 0 Å². The maximum absolute atomic E-state index is 8.66. The normalized spacial score (nSPS) is 11.5. The first-order valence-electron chi connectivity index (χ1n) is 7.32. The molecule has 0 amide bonds. The molecule has 0 aliphatic carbocycles. The van der Waals surface area contributed by atoms with Crippen molar-refractivity contribution in [1.29, 1.82) is 5.41 Å². The van der Waals surface area contributed by atoms with Crippen LogP contribution in [0.5, 0.6) is 0 Å². The molecule has 0 saturated carbocycles. The monoisotopic (exact) mass is 366 g/mol. The van der Waals surface area contributed by atoms with Crippen molar-refractivity contribution in [3.05, 3.63) is 101 Å². The summed E-state index contributed by atoms with van der Waals surface area (Å²) in [5, 5.41) is 8.66. The Labute approximate surface area is 146 Å². The van der Waals surface area contributed by atoms with E-state index in [0.717, 1.165) is 21.4 Å². The molecule has 0 unspecified atom stereocenters. The Balaban J connectivity index is 2.51. The van der Waals surface area contributed by atoms with Crippen LogP contribution in [-0.4, -0.2) is 5.84 Å². The minimum atomic E-state index is 0.402. The Hall–Kier alpha value is -2.39. The van der Waals surface area contributed by atoms with Crippen LogP contribution in [0.3, 0.4) is 0 Å². The second kappa shape index (κ2) is 8.30. The van der Waals surface area contributed by atoms with Crippen LogP contribution in [0.25, 0.3) is 0 Å². The fourth-order valence-corrected chi connectivity index (χ4v) is 2.41. The molecular formula is C20H19BrN2. The Kier molecular flexibility index (Phi) is 6.12. The predicted molar refractivity (Wildman–Crippen MR) is 103 cm³/mol. The number of hydrogen-bond donors (Lipinski definition) is 1. The molecule has 0 fully saturated rings. The molecule has 0 atom stereocenters. The second-order valence-electron chi connectivity index (χ2n) is 4.85. The first-order valence-corrected chi connectivity index (χ1v) is 8.11. The van der Waals surface area contributed by atoms with Crippen molar-refractivity contribution < 1.29 is 0 Å². The lowest BCUT2D eigenvalue weighted by molar-refractivity contribution is 1.22. The van der Waals surface area contributed by atoms with Gasteiger partial charge in [0.2, 0.25) is 0 Å². The number of allylic oxidation sites excluding steroid dienone is 4. The topological polar surface area (TPSA) is 27.1 Å². The van der Waals surface area contributed by atoms with Gasteiger partial charge in [0.1, 0.15) is 5.84 Å². The lowest BCUT2D eigenvalue weighted by Gasteiger charge is -2.26. The number of halogens is 1. The van der Waals surface area contributed by atoms with Crippen molar-refractivity contribution >= 4 is 27.5 Å². The lowest BCUT2D eigenvalue weighted by atomic mass is 10.1. The summed E-state index contributed by atoms with van der Waals surface area (Å²) in [4.78, 5) is 1.89. The zero-order valence-corrected chi connectivity index (χ0v) is 14.6. The van der Waals surface area contributed by atoms with Crippen LogP contribution in [0, 0.1) is 5.41 Å². The third kappa shape index (κ3) is 4.30. The van der Waals surface area contributed by atoms with E-state index in [9.17, 15) is 0 Å². The molecule has 2 aromatic carbocycles. The van der Waals surface area contributed by atoms with Crippen LogP contribution in [0.4, 0.5) is 5.69 Å². The number of amidine groups is 1. The second-order valence-corrected chi connectivity index (χ2v) is 5.76. The van der Waals surface area contributed by atoms with Crippen molar-refractivity contribution in [3.8, 4) is 0 Å². The highest BCUT2D eigenvalue weighted by molar-refractivity contribution is 9.10. The molecule has 0 aliphatic rings. The van der Waals surface area contributed by atoms with Crippen LogP contribution in [-0.2, 0) is 0 Å². The third-order valence-electron chi connectivity index (χ3n) is 3.28. The minimum absolute atomic E-state index is 0.402. The van der Waals surface area contributed by atoms with Gasteiger partial charge in [0.05, 0.1) is 0 Å². The first kappa shape index (κ1) is 17.0.